The molecule has 3 aromatic rings. The summed E-state index contributed by atoms with van der Waals surface area (Å²) >= 11 is 0. The lowest BCUT2D eigenvalue weighted by Crippen LogP contribution is -2.04. The first-order chi connectivity index (χ1) is 9.55. The number of hydrogen-bond donors (Lipinski definition) is 0. The number of halogens is 3. The van der Waals surface area contributed by atoms with E-state index in [2.05, 4.69) is 6.07 Å². The van der Waals surface area contributed by atoms with E-state index in [1.165, 1.54) is 6.07 Å². The second-order valence-electron chi connectivity index (χ2n) is 4.52. The van der Waals surface area contributed by atoms with E-state index in [-0.39, 0.29) is 0 Å². The zero-order valence-corrected chi connectivity index (χ0v) is 10.4. The summed E-state index contributed by atoms with van der Waals surface area (Å²) in [5.41, 5.74) is 0.560. The van der Waals surface area contributed by atoms with Gasteiger partial charge in [0.05, 0.1) is 5.56 Å². The Bertz CT molecular complexity index is 752. The molecule has 3 rings (SSSR count). The minimum atomic E-state index is -4.34. The minimum Gasteiger partial charge on any atom is -0.166 e. The van der Waals surface area contributed by atoms with Crippen molar-refractivity contribution >= 4 is 10.8 Å². The van der Waals surface area contributed by atoms with Gasteiger partial charge >= 0.3 is 6.18 Å². The van der Waals surface area contributed by atoms with Crippen LogP contribution in [-0.4, -0.2) is 0 Å². The average Bonchev–Trinajstić information content (AvgIpc) is 2.46. The molecule has 0 saturated carbocycles. The highest BCUT2D eigenvalue weighted by Crippen LogP contribution is 2.34. The molecule has 3 aromatic carbocycles. The molecule has 0 unspecified atom stereocenters. The fourth-order valence-corrected chi connectivity index (χ4v) is 2.26. The van der Waals surface area contributed by atoms with Crippen molar-refractivity contribution in [1.29, 1.82) is 0 Å². The van der Waals surface area contributed by atoms with Gasteiger partial charge in [0.2, 0.25) is 0 Å². The van der Waals surface area contributed by atoms with Gasteiger partial charge in [0.1, 0.15) is 0 Å². The smallest absolute Gasteiger partial charge is 0.166 e. The molecule has 0 aromatic heterocycles. The second-order valence-corrected chi connectivity index (χ2v) is 4.52. The Morgan fingerprint density at radius 2 is 1.60 bits per heavy atom. The van der Waals surface area contributed by atoms with Crippen LogP contribution in [0, 0.1) is 6.07 Å². The first kappa shape index (κ1) is 12.7. The van der Waals surface area contributed by atoms with Gasteiger partial charge in [-0.15, -0.1) is 0 Å². The molecule has 0 bridgehead atoms. The molecule has 0 saturated heterocycles. The van der Waals surface area contributed by atoms with Gasteiger partial charge in [-0.25, -0.2) is 0 Å². The summed E-state index contributed by atoms with van der Waals surface area (Å²) in [6, 6.07) is 19.6. The highest BCUT2D eigenvalue weighted by atomic mass is 19.4. The van der Waals surface area contributed by atoms with Crippen LogP contribution in [-0.2, 0) is 6.18 Å². The van der Waals surface area contributed by atoms with Gasteiger partial charge < -0.3 is 0 Å². The topological polar surface area (TPSA) is 0 Å². The number of fused-ring (bicyclic) bond motifs is 1. The van der Waals surface area contributed by atoms with Crippen LogP contribution in [0.15, 0.2) is 60.7 Å². The standard InChI is InChI=1S/C17H10F3/c18-17(19,20)14-8-3-7-13(11-14)16-10-4-6-12-5-1-2-9-15(12)16/h1-6,8-11H. The van der Waals surface area contributed by atoms with Crippen LogP contribution in [0.5, 0.6) is 0 Å². The monoisotopic (exact) mass is 271 g/mol. The number of rotatable bonds is 1. The first-order valence-corrected chi connectivity index (χ1v) is 6.13. The zero-order valence-electron chi connectivity index (χ0n) is 10.4. The average molecular weight is 271 g/mol. The molecule has 0 fully saturated rings. The molecular formula is C17H10F3. The van der Waals surface area contributed by atoms with Crippen molar-refractivity contribution in [1.82, 2.24) is 0 Å². The van der Waals surface area contributed by atoms with Crippen LogP contribution in [0.1, 0.15) is 5.56 Å². The molecule has 0 nitrogen and oxygen atoms in total. The fraction of sp³-hybridized carbons (Fsp3) is 0.0588. The third-order valence-corrected chi connectivity index (χ3v) is 3.21. The van der Waals surface area contributed by atoms with E-state index in [0.717, 1.165) is 28.5 Å². The lowest BCUT2D eigenvalue weighted by atomic mass is 9.97. The Morgan fingerprint density at radius 1 is 0.850 bits per heavy atom. The molecule has 0 N–H and O–H groups in total. The Hall–Kier alpha value is -2.29. The van der Waals surface area contributed by atoms with Crippen LogP contribution in [0.25, 0.3) is 21.9 Å². The van der Waals surface area contributed by atoms with Gasteiger partial charge in [0.25, 0.3) is 0 Å². The summed E-state index contributed by atoms with van der Waals surface area (Å²) in [6.07, 6.45) is -4.34. The Labute approximate surface area is 114 Å². The zero-order chi connectivity index (χ0) is 14.2. The molecule has 0 heterocycles. The van der Waals surface area contributed by atoms with Gasteiger partial charge in [0.15, 0.2) is 0 Å². The maximum atomic E-state index is 12.8. The van der Waals surface area contributed by atoms with Gasteiger partial charge in [-0.3, -0.25) is 0 Å². The van der Waals surface area contributed by atoms with Gasteiger partial charge in [0, 0.05) is 0 Å². The van der Waals surface area contributed by atoms with Crippen molar-refractivity contribution < 1.29 is 13.2 Å². The summed E-state index contributed by atoms with van der Waals surface area (Å²) < 4.78 is 38.4. The number of hydrogen-bond acceptors (Lipinski definition) is 0. The van der Waals surface area contributed by atoms with E-state index in [4.69, 9.17) is 0 Å². The Balaban J connectivity index is 2.21. The number of alkyl halides is 3. The van der Waals surface area contributed by atoms with Crippen LogP contribution < -0.4 is 0 Å². The highest BCUT2D eigenvalue weighted by molar-refractivity contribution is 5.96. The van der Waals surface area contributed by atoms with Gasteiger partial charge in [-0.1, -0.05) is 48.5 Å². The summed E-state index contributed by atoms with van der Waals surface area (Å²) in [7, 11) is 0. The fourth-order valence-electron chi connectivity index (χ4n) is 2.26. The van der Waals surface area contributed by atoms with Gasteiger partial charge in [-0.2, -0.15) is 13.2 Å². The van der Waals surface area contributed by atoms with Crippen LogP contribution in [0.4, 0.5) is 13.2 Å². The molecule has 0 aliphatic heterocycles. The first-order valence-electron chi connectivity index (χ1n) is 6.13. The molecule has 0 aliphatic carbocycles. The van der Waals surface area contributed by atoms with E-state index >= 15 is 0 Å². The maximum absolute atomic E-state index is 12.8. The quantitative estimate of drug-likeness (QED) is 0.561. The normalized spacial score (nSPS) is 11.8. The Kier molecular flexibility index (Phi) is 2.97. The summed E-state index contributed by atoms with van der Waals surface area (Å²) in [5.74, 6) is 0. The van der Waals surface area contributed by atoms with Gasteiger partial charge in [-0.05, 0) is 40.1 Å². The lowest BCUT2D eigenvalue weighted by molar-refractivity contribution is -0.137. The van der Waals surface area contributed by atoms with E-state index in [0.29, 0.717) is 5.56 Å². The minimum absolute atomic E-state index is 0.455. The van der Waals surface area contributed by atoms with Crippen LogP contribution in [0.3, 0.4) is 0 Å². The summed E-state index contributed by atoms with van der Waals surface area (Å²) in [5, 5.41) is 1.92. The van der Waals surface area contributed by atoms with Crippen molar-refractivity contribution in [3.8, 4) is 11.1 Å². The molecule has 0 atom stereocenters. The van der Waals surface area contributed by atoms with Crippen molar-refractivity contribution in [2.75, 3.05) is 0 Å². The van der Waals surface area contributed by atoms with Crippen molar-refractivity contribution in [2.24, 2.45) is 0 Å². The van der Waals surface area contributed by atoms with E-state index in [9.17, 15) is 13.2 Å². The molecule has 20 heavy (non-hydrogen) atoms. The summed E-state index contributed by atoms with van der Waals surface area (Å²) in [4.78, 5) is 0. The molecule has 0 spiro atoms. The van der Waals surface area contributed by atoms with Crippen molar-refractivity contribution in [3.63, 3.8) is 0 Å². The third-order valence-electron chi connectivity index (χ3n) is 3.21. The van der Waals surface area contributed by atoms with Crippen molar-refractivity contribution in [2.45, 2.75) is 6.18 Å². The maximum Gasteiger partial charge on any atom is 0.416 e. The SMILES string of the molecule is FC(F)(F)c1cc[c]c(-c2cccc3ccccc23)c1. The highest BCUT2D eigenvalue weighted by Gasteiger charge is 2.30. The van der Waals surface area contributed by atoms with Crippen LogP contribution >= 0.6 is 0 Å². The third kappa shape index (κ3) is 2.27. The van der Waals surface area contributed by atoms with E-state index in [1.807, 2.05) is 42.5 Å². The molecule has 1 radical (unpaired) electrons. The molecule has 3 heteroatoms. The molecular weight excluding hydrogens is 261 g/mol. The largest absolute Gasteiger partial charge is 0.416 e. The van der Waals surface area contributed by atoms with Crippen molar-refractivity contribution in [3.05, 3.63) is 72.3 Å². The molecule has 0 aliphatic rings. The predicted molar refractivity (Wildman–Crippen MR) is 73.2 cm³/mol. The van der Waals surface area contributed by atoms with E-state index in [1.54, 1.807) is 0 Å². The Morgan fingerprint density at radius 3 is 2.40 bits per heavy atom. The molecule has 99 valence electrons. The predicted octanol–water partition coefficient (Wildman–Crippen LogP) is 5.33. The van der Waals surface area contributed by atoms with Crippen LogP contribution in [0.2, 0.25) is 0 Å². The van der Waals surface area contributed by atoms with E-state index < -0.39 is 11.7 Å². The lowest BCUT2D eigenvalue weighted by Gasteiger charge is -2.10. The number of benzene rings is 3. The molecule has 0 amide bonds. The second kappa shape index (κ2) is 4.67. The summed E-state index contributed by atoms with van der Waals surface area (Å²) in [6.45, 7) is 0.